The fourth-order valence-corrected chi connectivity index (χ4v) is 2.00. The molecule has 2 amide bonds. The number of carboxylic acids is 1. The second-order valence-electron chi connectivity index (χ2n) is 3.88. The molecule has 0 bridgehead atoms. The normalized spacial score (nSPS) is 13.1. The van der Waals surface area contributed by atoms with Crippen molar-refractivity contribution in [2.75, 3.05) is 7.11 Å². The van der Waals surface area contributed by atoms with Crippen molar-refractivity contribution in [3.63, 3.8) is 0 Å². The lowest BCUT2D eigenvalue weighted by Gasteiger charge is -2.16. The first-order chi connectivity index (χ1) is 9.43. The number of esters is 1. The van der Waals surface area contributed by atoms with Gasteiger partial charge in [-0.05, 0) is 6.92 Å². The number of nitrogens with one attached hydrogen (secondary N) is 2. The molecule has 1 aromatic heterocycles. The summed E-state index contributed by atoms with van der Waals surface area (Å²) in [6, 6.07) is -2.39. The Morgan fingerprint density at radius 3 is 2.65 bits per heavy atom. The van der Waals surface area contributed by atoms with Gasteiger partial charge in [0.15, 0.2) is 0 Å². The predicted octanol–water partition coefficient (Wildman–Crippen LogP) is 0.520. The van der Waals surface area contributed by atoms with Gasteiger partial charge in [-0.15, -0.1) is 11.3 Å². The summed E-state index contributed by atoms with van der Waals surface area (Å²) in [6.45, 7) is 1.72. The van der Waals surface area contributed by atoms with Crippen molar-refractivity contribution in [2.24, 2.45) is 0 Å². The Morgan fingerprint density at radius 1 is 1.45 bits per heavy atom. The van der Waals surface area contributed by atoms with Gasteiger partial charge in [-0.25, -0.2) is 14.6 Å². The van der Waals surface area contributed by atoms with E-state index in [9.17, 15) is 14.4 Å². The summed E-state index contributed by atoms with van der Waals surface area (Å²) in [6.07, 6.45) is 1.16. The lowest BCUT2D eigenvalue weighted by Crippen LogP contribution is -2.47. The number of hydrogen-bond donors (Lipinski definition) is 3. The molecule has 0 aliphatic heterocycles. The van der Waals surface area contributed by atoms with E-state index >= 15 is 0 Å². The first-order valence-electron chi connectivity index (χ1n) is 5.70. The van der Waals surface area contributed by atoms with E-state index in [-0.39, 0.29) is 6.04 Å². The average Bonchev–Trinajstić information content (AvgIpc) is 2.91. The molecule has 0 spiro atoms. The summed E-state index contributed by atoms with van der Waals surface area (Å²) in [5.74, 6) is -2.03. The number of thiazole rings is 1. The number of rotatable bonds is 6. The number of nitrogens with zero attached hydrogens (tertiary/aromatic N) is 1. The highest BCUT2D eigenvalue weighted by Crippen LogP contribution is 2.14. The van der Waals surface area contributed by atoms with Crippen molar-refractivity contribution < 1.29 is 24.2 Å². The highest BCUT2D eigenvalue weighted by Gasteiger charge is 2.24. The summed E-state index contributed by atoms with van der Waals surface area (Å²) < 4.78 is 4.37. The molecule has 2 atom stereocenters. The van der Waals surface area contributed by atoms with Gasteiger partial charge in [0.25, 0.3) is 0 Å². The molecule has 1 heterocycles. The molecule has 0 radical (unpaired) electrons. The van der Waals surface area contributed by atoms with E-state index in [1.54, 1.807) is 18.5 Å². The number of hydrogen-bond acceptors (Lipinski definition) is 6. The van der Waals surface area contributed by atoms with Crippen molar-refractivity contribution in [3.05, 3.63) is 16.6 Å². The van der Waals surface area contributed by atoms with Crippen LogP contribution in [0, 0.1) is 0 Å². The van der Waals surface area contributed by atoms with Gasteiger partial charge in [0.1, 0.15) is 11.0 Å². The predicted molar refractivity (Wildman–Crippen MR) is 70.3 cm³/mol. The number of carbonyl (C=O) groups is 3. The summed E-state index contributed by atoms with van der Waals surface area (Å²) in [4.78, 5) is 37.7. The number of aromatic nitrogens is 1. The van der Waals surface area contributed by atoms with E-state index in [0.717, 1.165) is 7.11 Å². The summed E-state index contributed by atoms with van der Waals surface area (Å²) in [5, 5.41) is 16.1. The average molecular weight is 301 g/mol. The van der Waals surface area contributed by atoms with E-state index in [2.05, 4.69) is 20.4 Å². The van der Waals surface area contributed by atoms with Gasteiger partial charge in [0, 0.05) is 11.6 Å². The fraction of sp³-hybridized carbons (Fsp3) is 0.455. The van der Waals surface area contributed by atoms with Gasteiger partial charge in [0.05, 0.1) is 19.6 Å². The molecule has 0 aliphatic carbocycles. The van der Waals surface area contributed by atoms with Crippen LogP contribution in [0.3, 0.4) is 0 Å². The molecule has 0 fully saturated rings. The first kappa shape index (κ1) is 15.9. The Kier molecular flexibility index (Phi) is 5.91. The number of methoxy groups -OCH3 is 1. The van der Waals surface area contributed by atoms with Gasteiger partial charge < -0.3 is 20.5 Å². The largest absolute Gasteiger partial charge is 0.480 e. The molecule has 8 nitrogen and oxygen atoms in total. The maximum Gasteiger partial charge on any atom is 0.326 e. The fourth-order valence-electron chi connectivity index (χ4n) is 1.36. The lowest BCUT2D eigenvalue weighted by atomic mass is 10.2. The number of carboxylic acid groups (broad SMARTS) is 1. The number of ether oxygens (including phenoxy) is 1. The number of urea groups is 1. The molecule has 0 aromatic carbocycles. The molecule has 9 heteroatoms. The van der Waals surface area contributed by atoms with Crippen LogP contribution < -0.4 is 10.6 Å². The van der Waals surface area contributed by atoms with Crippen LogP contribution in [0.5, 0.6) is 0 Å². The topological polar surface area (TPSA) is 118 Å². The Balaban J connectivity index is 2.53. The van der Waals surface area contributed by atoms with Crippen molar-refractivity contribution in [2.45, 2.75) is 25.4 Å². The number of aliphatic carboxylic acids is 1. The monoisotopic (exact) mass is 301 g/mol. The minimum absolute atomic E-state index is 0.359. The van der Waals surface area contributed by atoms with Gasteiger partial charge in [-0.1, -0.05) is 0 Å². The molecular formula is C11H15N3O5S. The summed E-state index contributed by atoms with van der Waals surface area (Å²) in [5.41, 5.74) is 0. The van der Waals surface area contributed by atoms with Crippen LogP contribution in [-0.4, -0.2) is 41.2 Å². The molecule has 1 rings (SSSR count). The van der Waals surface area contributed by atoms with E-state index in [4.69, 9.17) is 5.11 Å². The molecule has 0 saturated heterocycles. The van der Waals surface area contributed by atoms with Gasteiger partial charge in [-0.3, -0.25) is 4.79 Å². The standard InChI is InChI=1S/C11H15N3O5S/c1-6(9-12-3-4-20-9)13-11(18)14-7(10(16)17)5-8(15)19-2/h3-4,6-7H,5H2,1-2H3,(H,16,17)(H2,13,14,18)/t6?,7-/m0/s1. The van der Waals surface area contributed by atoms with Gasteiger partial charge >= 0.3 is 18.0 Å². The van der Waals surface area contributed by atoms with Crippen LogP contribution in [0.1, 0.15) is 24.4 Å². The minimum atomic E-state index is -1.34. The maximum absolute atomic E-state index is 11.7. The zero-order chi connectivity index (χ0) is 15.1. The zero-order valence-corrected chi connectivity index (χ0v) is 11.8. The Bertz CT molecular complexity index is 476. The van der Waals surface area contributed by atoms with Crippen LogP contribution in [0.25, 0.3) is 0 Å². The van der Waals surface area contributed by atoms with Crippen molar-refractivity contribution in [1.82, 2.24) is 15.6 Å². The minimum Gasteiger partial charge on any atom is -0.480 e. The number of carbonyl (C=O) groups excluding carboxylic acids is 2. The molecule has 20 heavy (non-hydrogen) atoms. The van der Waals surface area contributed by atoms with Gasteiger partial charge in [-0.2, -0.15) is 0 Å². The second kappa shape index (κ2) is 7.43. The van der Waals surface area contributed by atoms with Crippen LogP contribution in [0.15, 0.2) is 11.6 Å². The van der Waals surface area contributed by atoms with Crippen molar-refractivity contribution in [3.8, 4) is 0 Å². The van der Waals surface area contributed by atoms with Crippen LogP contribution in [-0.2, 0) is 14.3 Å². The third-order valence-corrected chi connectivity index (χ3v) is 3.33. The quantitative estimate of drug-likeness (QED) is 0.659. The molecule has 110 valence electrons. The SMILES string of the molecule is COC(=O)C[C@H](NC(=O)NC(C)c1nccs1)C(=O)O. The number of amides is 2. The molecule has 3 N–H and O–H groups in total. The summed E-state index contributed by atoms with van der Waals surface area (Å²) in [7, 11) is 1.14. The highest BCUT2D eigenvalue weighted by molar-refractivity contribution is 7.09. The van der Waals surface area contributed by atoms with Crippen LogP contribution in [0.4, 0.5) is 4.79 Å². The van der Waals surface area contributed by atoms with E-state index in [1.807, 2.05) is 0 Å². The third kappa shape index (κ3) is 4.84. The first-order valence-corrected chi connectivity index (χ1v) is 6.58. The zero-order valence-electron chi connectivity index (χ0n) is 11.0. The third-order valence-electron chi connectivity index (χ3n) is 2.37. The highest BCUT2D eigenvalue weighted by atomic mass is 32.1. The molecule has 1 unspecified atom stereocenters. The second-order valence-corrected chi connectivity index (χ2v) is 4.81. The van der Waals surface area contributed by atoms with Gasteiger partial charge in [0.2, 0.25) is 0 Å². The maximum atomic E-state index is 11.7. The van der Waals surface area contributed by atoms with Crippen LogP contribution >= 0.6 is 11.3 Å². The smallest absolute Gasteiger partial charge is 0.326 e. The molecule has 0 saturated carbocycles. The molecule has 0 aliphatic rings. The Hall–Kier alpha value is -2.16. The van der Waals surface area contributed by atoms with Crippen LogP contribution in [0.2, 0.25) is 0 Å². The Morgan fingerprint density at radius 2 is 2.15 bits per heavy atom. The molecule has 1 aromatic rings. The van der Waals surface area contributed by atoms with E-state index in [1.165, 1.54) is 11.3 Å². The van der Waals surface area contributed by atoms with E-state index < -0.39 is 30.4 Å². The Labute approximate surface area is 119 Å². The van der Waals surface area contributed by atoms with Crippen molar-refractivity contribution in [1.29, 1.82) is 0 Å². The van der Waals surface area contributed by atoms with Crippen molar-refractivity contribution >= 4 is 29.3 Å². The summed E-state index contributed by atoms with van der Waals surface area (Å²) >= 11 is 1.37. The molecular weight excluding hydrogens is 286 g/mol. The van der Waals surface area contributed by atoms with E-state index in [0.29, 0.717) is 5.01 Å². The lowest BCUT2D eigenvalue weighted by molar-refractivity contribution is -0.147.